The molecule has 1 aliphatic rings. The average Bonchev–Trinajstić information content (AvgIpc) is 2.30. The zero-order valence-electron chi connectivity index (χ0n) is 8.34. The number of carboxylic acid groups (broad SMARTS) is 1. The van der Waals surface area contributed by atoms with E-state index >= 15 is 0 Å². The van der Waals surface area contributed by atoms with Crippen LogP contribution in [0.15, 0.2) is 0 Å². The average molecular weight is 214 g/mol. The minimum absolute atomic E-state index is 0.118. The fourth-order valence-electron chi connectivity index (χ4n) is 2.18. The Balaban J connectivity index is 2.75. The Morgan fingerprint density at radius 3 is 2.67 bits per heavy atom. The van der Waals surface area contributed by atoms with Gasteiger partial charge in [0.05, 0.1) is 0 Å². The molecule has 0 aromatic rings. The van der Waals surface area contributed by atoms with Gasteiger partial charge in [0.1, 0.15) is 5.78 Å². The quantitative estimate of drug-likeness (QED) is 0.452. The molecule has 3 atom stereocenters. The Bertz CT molecular complexity index is 301. The molecule has 0 bridgehead atoms. The fourth-order valence-corrected chi connectivity index (χ4v) is 2.18. The van der Waals surface area contributed by atoms with E-state index in [-0.39, 0.29) is 24.7 Å². The summed E-state index contributed by atoms with van der Waals surface area (Å²) < 4.78 is 0. The third-order valence-corrected chi connectivity index (χ3v) is 2.93. The van der Waals surface area contributed by atoms with Crippen molar-refractivity contribution in [2.45, 2.75) is 19.8 Å². The van der Waals surface area contributed by atoms with Gasteiger partial charge in [-0.15, -0.1) is 0 Å². The molecule has 0 radical (unpaired) electrons. The molecule has 0 aliphatic heterocycles. The Kier molecular flexibility index (Phi) is 3.39. The SMILES string of the molecule is C[C@H]1CC(=O)[C@@H](CC(=O)[O-])[C@@H]1C[N+](=O)[O-]. The lowest BCUT2D eigenvalue weighted by atomic mass is 9.88. The van der Waals surface area contributed by atoms with Crippen molar-refractivity contribution in [2.24, 2.45) is 17.8 Å². The molecule has 0 aromatic carbocycles. The molecule has 1 aliphatic carbocycles. The van der Waals surface area contributed by atoms with Crippen LogP contribution in [0, 0.1) is 27.9 Å². The number of nitro groups is 1. The lowest BCUT2D eigenvalue weighted by molar-refractivity contribution is -0.490. The summed E-state index contributed by atoms with van der Waals surface area (Å²) in [6.07, 6.45) is -0.169. The van der Waals surface area contributed by atoms with Crippen LogP contribution >= 0.6 is 0 Å². The van der Waals surface area contributed by atoms with E-state index in [1.165, 1.54) is 0 Å². The predicted molar refractivity (Wildman–Crippen MR) is 47.3 cm³/mol. The molecule has 0 unspecified atom stereocenters. The van der Waals surface area contributed by atoms with E-state index in [1.54, 1.807) is 6.92 Å². The maximum atomic E-state index is 11.4. The third-order valence-electron chi connectivity index (χ3n) is 2.93. The Morgan fingerprint density at radius 2 is 2.20 bits per heavy atom. The third kappa shape index (κ3) is 2.74. The van der Waals surface area contributed by atoms with Crippen LogP contribution in [0.4, 0.5) is 0 Å². The molecular weight excluding hydrogens is 202 g/mol. The summed E-state index contributed by atoms with van der Waals surface area (Å²) in [6.45, 7) is 1.40. The lowest BCUT2D eigenvalue weighted by Crippen LogP contribution is -2.32. The second kappa shape index (κ2) is 4.37. The zero-order chi connectivity index (χ0) is 11.6. The van der Waals surface area contributed by atoms with Gasteiger partial charge >= 0.3 is 0 Å². The van der Waals surface area contributed by atoms with E-state index in [0.29, 0.717) is 0 Å². The minimum Gasteiger partial charge on any atom is -0.550 e. The van der Waals surface area contributed by atoms with Crippen molar-refractivity contribution in [3.05, 3.63) is 10.1 Å². The minimum atomic E-state index is -1.32. The molecule has 1 saturated carbocycles. The number of rotatable bonds is 4. The second-order valence-electron chi connectivity index (χ2n) is 4.01. The van der Waals surface area contributed by atoms with Crippen molar-refractivity contribution < 1.29 is 19.6 Å². The van der Waals surface area contributed by atoms with Crippen LogP contribution in [0.25, 0.3) is 0 Å². The molecule has 15 heavy (non-hydrogen) atoms. The molecule has 0 N–H and O–H groups in total. The van der Waals surface area contributed by atoms with Crippen LogP contribution < -0.4 is 5.11 Å². The van der Waals surface area contributed by atoms with Crippen LogP contribution in [-0.2, 0) is 9.59 Å². The maximum absolute atomic E-state index is 11.4. The van der Waals surface area contributed by atoms with E-state index in [1.807, 2.05) is 0 Å². The highest BCUT2D eigenvalue weighted by atomic mass is 16.6. The van der Waals surface area contributed by atoms with Gasteiger partial charge in [-0.3, -0.25) is 14.9 Å². The van der Waals surface area contributed by atoms with Crippen molar-refractivity contribution in [1.29, 1.82) is 0 Å². The van der Waals surface area contributed by atoms with E-state index in [4.69, 9.17) is 0 Å². The van der Waals surface area contributed by atoms with Crippen molar-refractivity contribution in [3.63, 3.8) is 0 Å². The normalized spacial score (nSPS) is 30.5. The summed E-state index contributed by atoms with van der Waals surface area (Å²) in [7, 11) is 0. The van der Waals surface area contributed by atoms with Gasteiger partial charge in [0.15, 0.2) is 0 Å². The number of hydrogen-bond donors (Lipinski definition) is 0. The molecule has 6 heteroatoms. The molecule has 0 saturated heterocycles. The highest BCUT2D eigenvalue weighted by molar-refractivity contribution is 5.87. The summed E-state index contributed by atoms with van der Waals surface area (Å²) >= 11 is 0. The highest BCUT2D eigenvalue weighted by Crippen LogP contribution is 2.36. The summed E-state index contributed by atoms with van der Waals surface area (Å²) in [6, 6.07) is 0. The van der Waals surface area contributed by atoms with Crippen molar-refractivity contribution >= 4 is 11.8 Å². The number of Topliss-reactive ketones (excluding diaryl/α,β-unsaturated/α-hetero) is 1. The Labute approximate surface area is 86.4 Å². The van der Waals surface area contributed by atoms with Crippen molar-refractivity contribution in [2.75, 3.05) is 6.54 Å². The van der Waals surface area contributed by atoms with Crippen LogP contribution in [0.2, 0.25) is 0 Å². The molecule has 0 spiro atoms. The number of aliphatic carboxylic acids is 1. The molecule has 1 fully saturated rings. The van der Waals surface area contributed by atoms with Crippen LogP contribution in [0.3, 0.4) is 0 Å². The molecule has 0 aromatic heterocycles. The van der Waals surface area contributed by atoms with Gasteiger partial charge in [-0.2, -0.15) is 0 Å². The van der Waals surface area contributed by atoms with Crippen LogP contribution in [-0.4, -0.2) is 23.2 Å². The standard InChI is InChI=1S/C9H13NO5/c1-5-2-8(11)6(3-9(12)13)7(5)4-10(14)15/h5-7H,2-4H2,1H3,(H,12,13)/p-1/t5-,6-,7+/m0/s1. The molecule has 0 heterocycles. The Morgan fingerprint density at radius 1 is 1.60 bits per heavy atom. The summed E-state index contributed by atoms with van der Waals surface area (Å²) in [5, 5.41) is 20.8. The van der Waals surface area contributed by atoms with Crippen molar-refractivity contribution in [3.8, 4) is 0 Å². The number of carbonyl (C=O) groups is 2. The Hall–Kier alpha value is -1.46. The molecular formula is C9H12NO5-. The van der Waals surface area contributed by atoms with Gasteiger partial charge < -0.3 is 9.90 Å². The van der Waals surface area contributed by atoms with Gasteiger partial charge in [0, 0.05) is 29.1 Å². The topological polar surface area (TPSA) is 100 Å². The summed E-state index contributed by atoms with van der Waals surface area (Å²) in [4.78, 5) is 31.7. The van der Waals surface area contributed by atoms with Crippen molar-refractivity contribution in [1.82, 2.24) is 0 Å². The second-order valence-corrected chi connectivity index (χ2v) is 4.01. The number of carboxylic acids is 1. The summed E-state index contributed by atoms with van der Waals surface area (Å²) in [5.74, 6) is -2.85. The maximum Gasteiger partial charge on any atom is 0.207 e. The largest absolute Gasteiger partial charge is 0.550 e. The number of hydrogen-bond acceptors (Lipinski definition) is 5. The number of ketones is 1. The highest BCUT2D eigenvalue weighted by Gasteiger charge is 2.42. The van der Waals surface area contributed by atoms with E-state index in [2.05, 4.69) is 0 Å². The molecule has 6 nitrogen and oxygen atoms in total. The number of nitrogens with zero attached hydrogens (tertiary/aromatic N) is 1. The van der Waals surface area contributed by atoms with Gasteiger partial charge in [-0.1, -0.05) is 6.92 Å². The first-order chi connectivity index (χ1) is 6.91. The first-order valence-electron chi connectivity index (χ1n) is 4.76. The molecule has 84 valence electrons. The van der Waals surface area contributed by atoms with E-state index in [9.17, 15) is 24.8 Å². The van der Waals surface area contributed by atoms with E-state index in [0.717, 1.165) is 0 Å². The van der Waals surface area contributed by atoms with Gasteiger partial charge in [0.25, 0.3) is 0 Å². The van der Waals surface area contributed by atoms with Crippen LogP contribution in [0.1, 0.15) is 19.8 Å². The van der Waals surface area contributed by atoms with Gasteiger partial charge in [-0.05, 0) is 12.3 Å². The number of carbonyl (C=O) groups excluding carboxylic acids is 2. The first-order valence-corrected chi connectivity index (χ1v) is 4.76. The van der Waals surface area contributed by atoms with Gasteiger partial charge in [0.2, 0.25) is 6.54 Å². The van der Waals surface area contributed by atoms with E-state index < -0.39 is 29.1 Å². The van der Waals surface area contributed by atoms with Crippen LogP contribution in [0.5, 0.6) is 0 Å². The monoisotopic (exact) mass is 214 g/mol. The smallest absolute Gasteiger partial charge is 0.207 e. The zero-order valence-corrected chi connectivity index (χ0v) is 8.34. The first kappa shape index (κ1) is 11.6. The fraction of sp³-hybridized carbons (Fsp3) is 0.778. The lowest BCUT2D eigenvalue weighted by Gasteiger charge is -2.17. The molecule has 1 rings (SSSR count). The van der Waals surface area contributed by atoms with Gasteiger partial charge in [-0.25, -0.2) is 0 Å². The molecule has 0 amide bonds. The predicted octanol–water partition coefficient (Wildman–Crippen LogP) is -0.756. The summed E-state index contributed by atoms with van der Waals surface area (Å²) in [5.41, 5.74) is 0.